The minimum atomic E-state index is -0.293. The molecule has 3 aliphatic rings. The van der Waals surface area contributed by atoms with E-state index in [-0.39, 0.29) is 12.0 Å². The van der Waals surface area contributed by atoms with Crippen LogP contribution >= 0.6 is 0 Å². The predicted molar refractivity (Wildman–Crippen MR) is 99.7 cm³/mol. The summed E-state index contributed by atoms with van der Waals surface area (Å²) in [6.45, 7) is 4.16. The lowest BCUT2D eigenvalue weighted by atomic mass is 10.0. The quantitative estimate of drug-likeness (QED) is 0.823. The average molecular weight is 369 g/mol. The lowest BCUT2D eigenvalue weighted by Crippen LogP contribution is -2.50. The van der Waals surface area contributed by atoms with E-state index in [0.717, 1.165) is 31.0 Å². The normalized spacial score (nSPS) is 27.3. The maximum atomic E-state index is 13.3. The third kappa shape index (κ3) is 3.17. The first-order valence-corrected chi connectivity index (χ1v) is 9.66. The van der Waals surface area contributed by atoms with Crippen LogP contribution in [-0.4, -0.2) is 40.0 Å². The van der Waals surface area contributed by atoms with Crippen LogP contribution in [0.2, 0.25) is 0 Å². The van der Waals surface area contributed by atoms with Crippen molar-refractivity contribution in [2.24, 2.45) is 0 Å². The van der Waals surface area contributed by atoms with E-state index in [0.29, 0.717) is 24.4 Å². The van der Waals surface area contributed by atoms with E-state index in [4.69, 9.17) is 14.6 Å². The largest absolute Gasteiger partial charge is 0.487 e. The fourth-order valence-corrected chi connectivity index (χ4v) is 4.66. The van der Waals surface area contributed by atoms with Crippen molar-refractivity contribution in [3.63, 3.8) is 0 Å². The van der Waals surface area contributed by atoms with E-state index >= 15 is 0 Å². The first kappa shape index (κ1) is 17.0. The smallest absolute Gasteiger partial charge is 0.132 e. The van der Waals surface area contributed by atoms with Crippen molar-refractivity contribution in [2.45, 2.75) is 51.0 Å². The number of benzene rings is 1. The Hall–Kier alpha value is -2.18. The molecular formula is C21H24FN3O2. The molecular weight excluding hydrogens is 345 g/mol. The van der Waals surface area contributed by atoms with Crippen LogP contribution in [-0.2, 0) is 11.3 Å². The monoisotopic (exact) mass is 369 g/mol. The highest BCUT2D eigenvalue weighted by atomic mass is 19.1. The molecule has 0 aliphatic carbocycles. The zero-order chi connectivity index (χ0) is 18.4. The lowest BCUT2D eigenvalue weighted by Gasteiger charge is -2.42. The Morgan fingerprint density at radius 2 is 2.04 bits per heavy atom. The minimum Gasteiger partial charge on any atom is -0.487 e. The van der Waals surface area contributed by atoms with E-state index in [1.165, 1.54) is 30.5 Å². The highest BCUT2D eigenvalue weighted by molar-refractivity contribution is 5.51. The summed E-state index contributed by atoms with van der Waals surface area (Å²) in [7, 11) is 0. The zero-order valence-corrected chi connectivity index (χ0v) is 15.5. The van der Waals surface area contributed by atoms with Gasteiger partial charge in [0.1, 0.15) is 30.0 Å². The molecule has 1 aromatic carbocycles. The SMILES string of the molecule is CC1=Cc2cc(COc3cccc(F)c3)nn2C(N2C3CCC2COC3)C1. The van der Waals surface area contributed by atoms with Crippen LogP contribution in [0.1, 0.15) is 43.7 Å². The summed E-state index contributed by atoms with van der Waals surface area (Å²) >= 11 is 0. The van der Waals surface area contributed by atoms with Gasteiger partial charge in [0.15, 0.2) is 0 Å². The van der Waals surface area contributed by atoms with Gasteiger partial charge in [-0.25, -0.2) is 9.07 Å². The molecule has 0 saturated carbocycles. The van der Waals surface area contributed by atoms with Crippen molar-refractivity contribution >= 4 is 6.08 Å². The fourth-order valence-electron chi connectivity index (χ4n) is 4.66. The number of morpholine rings is 1. The van der Waals surface area contributed by atoms with Gasteiger partial charge in [-0.2, -0.15) is 5.10 Å². The van der Waals surface area contributed by atoms with Crippen LogP contribution in [0, 0.1) is 5.82 Å². The third-order valence-corrected chi connectivity index (χ3v) is 5.82. The molecule has 2 bridgehead atoms. The summed E-state index contributed by atoms with van der Waals surface area (Å²) in [6.07, 6.45) is 5.85. The summed E-state index contributed by atoms with van der Waals surface area (Å²) in [5.41, 5.74) is 3.36. The molecule has 6 heteroatoms. The standard InChI is InChI=1S/C21H24FN3O2/c1-14-7-19-10-16(11-27-20-4-2-3-15(22)9-20)23-25(19)21(8-14)24-17-5-6-18(24)13-26-12-17/h2-4,7,9-10,17-18,21H,5-6,8,11-13H2,1H3. The molecule has 1 aromatic heterocycles. The molecule has 3 aliphatic heterocycles. The van der Waals surface area contributed by atoms with Crippen LogP contribution in [0.25, 0.3) is 6.08 Å². The first-order chi connectivity index (χ1) is 13.2. The minimum absolute atomic E-state index is 0.245. The molecule has 2 fully saturated rings. The van der Waals surface area contributed by atoms with Crippen molar-refractivity contribution in [1.82, 2.24) is 14.7 Å². The molecule has 5 rings (SSSR count). The molecule has 2 saturated heterocycles. The fraction of sp³-hybridized carbons (Fsp3) is 0.476. The van der Waals surface area contributed by atoms with E-state index < -0.39 is 0 Å². The summed E-state index contributed by atoms with van der Waals surface area (Å²) in [5, 5.41) is 4.85. The Morgan fingerprint density at radius 1 is 1.22 bits per heavy atom. The second-order valence-corrected chi connectivity index (χ2v) is 7.80. The van der Waals surface area contributed by atoms with Crippen LogP contribution in [0.3, 0.4) is 0 Å². The summed E-state index contributed by atoms with van der Waals surface area (Å²) in [4.78, 5) is 2.62. The summed E-state index contributed by atoms with van der Waals surface area (Å²) < 4.78 is 27.0. The van der Waals surface area contributed by atoms with Gasteiger partial charge in [-0.3, -0.25) is 4.90 Å². The maximum absolute atomic E-state index is 13.3. The highest BCUT2D eigenvalue weighted by Gasteiger charge is 2.43. The second-order valence-electron chi connectivity index (χ2n) is 7.80. The van der Waals surface area contributed by atoms with Crippen molar-refractivity contribution in [2.75, 3.05) is 13.2 Å². The van der Waals surface area contributed by atoms with E-state index in [9.17, 15) is 4.39 Å². The third-order valence-electron chi connectivity index (χ3n) is 5.82. The van der Waals surface area contributed by atoms with Gasteiger partial charge in [0.2, 0.25) is 0 Å². The summed E-state index contributed by atoms with van der Waals surface area (Å²) in [6, 6.07) is 9.28. The number of hydrogen-bond donors (Lipinski definition) is 0. The lowest BCUT2D eigenvalue weighted by molar-refractivity contribution is -0.0575. The van der Waals surface area contributed by atoms with Gasteiger partial charge < -0.3 is 9.47 Å². The van der Waals surface area contributed by atoms with Crippen LogP contribution in [0.4, 0.5) is 4.39 Å². The van der Waals surface area contributed by atoms with Crippen LogP contribution in [0.5, 0.6) is 5.75 Å². The Bertz CT molecular complexity index is 862. The van der Waals surface area contributed by atoms with Gasteiger partial charge in [0.25, 0.3) is 0 Å². The van der Waals surface area contributed by atoms with Gasteiger partial charge in [-0.15, -0.1) is 0 Å². The second kappa shape index (κ2) is 6.77. The number of hydrogen-bond acceptors (Lipinski definition) is 4. The molecule has 27 heavy (non-hydrogen) atoms. The van der Waals surface area contributed by atoms with Crippen molar-refractivity contribution < 1.29 is 13.9 Å². The van der Waals surface area contributed by atoms with Gasteiger partial charge in [-0.05, 0) is 44.0 Å². The van der Waals surface area contributed by atoms with Gasteiger partial charge in [0, 0.05) is 24.6 Å². The number of halogens is 1. The Morgan fingerprint density at radius 3 is 2.81 bits per heavy atom. The Kier molecular flexibility index (Phi) is 4.25. The molecule has 0 N–H and O–H groups in total. The van der Waals surface area contributed by atoms with Crippen LogP contribution < -0.4 is 4.74 Å². The van der Waals surface area contributed by atoms with Gasteiger partial charge >= 0.3 is 0 Å². The number of aromatic nitrogens is 2. The Balaban J connectivity index is 1.39. The first-order valence-electron chi connectivity index (χ1n) is 9.66. The molecule has 0 amide bonds. The molecule has 0 spiro atoms. The number of nitrogens with zero attached hydrogens (tertiary/aromatic N) is 3. The highest BCUT2D eigenvalue weighted by Crippen LogP contribution is 2.39. The molecule has 2 aromatic rings. The number of rotatable bonds is 4. The molecule has 4 heterocycles. The molecule has 142 valence electrons. The molecule has 0 radical (unpaired) electrons. The van der Waals surface area contributed by atoms with E-state index in [1.54, 1.807) is 12.1 Å². The average Bonchev–Trinajstić information content (AvgIpc) is 3.16. The number of fused-ring (bicyclic) bond motifs is 3. The van der Waals surface area contributed by atoms with E-state index in [2.05, 4.69) is 28.6 Å². The van der Waals surface area contributed by atoms with Gasteiger partial charge in [-0.1, -0.05) is 11.6 Å². The Labute approximate surface area is 158 Å². The van der Waals surface area contributed by atoms with Crippen molar-refractivity contribution in [1.29, 1.82) is 0 Å². The zero-order valence-electron chi connectivity index (χ0n) is 15.5. The molecule has 5 nitrogen and oxygen atoms in total. The maximum Gasteiger partial charge on any atom is 0.132 e. The number of ether oxygens (including phenoxy) is 2. The van der Waals surface area contributed by atoms with E-state index in [1.807, 2.05) is 0 Å². The predicted octanol–water partition coefficient (Wildman–Crippen LogP) is 3.77. The molecule has 3 atom stereocenters. The topological polar surface area (TPSA) is 39.5 Å². The van der Waals surface area contributed by atoms with Crippen molar-refractivity contribution in [3.8, 4) is 5.75 Å². The summed E-state index contributed by atoms with van der Waals surface area (Å²) in [5.74, 6) is 0.230. The van der Waals surface area contributed by atoms with Gasteiger partial charge in [0.05, 0.1) is 18.9 Å². The van der Waals surface area contributed by atoms with Crippen molar-refractivity contribution in [3.05, 3.63) is 53.1 Å². The van der Waals surface area contributed by atoms with Crippen LogP contribution in [0.15, 0.2) is 35.9 Å². The molecule has 3 unspecified atom stereocenters.